The maximum Gasteiger partial charge on any atom is 0.307 e. The summed E-state index contributed by atoms with van der Waals surface area (Å²) in [4.78, 5) is 77.4. The van der Waals surface area contributed by atoms with Crippen molar-refractivity contribution in [2.75, 3.05) is 0 Å². The Morgan fingerprint density at radius 3 is 1.91 bits per heavy atom. The van der Waals surface area contributed by atoms with Crippen molar-refractivity contribution in [1.82, 2.24) is 0 Å². The van der Waals surface area contributed by atoms with Gasteiger partial charge in [-0.15, -0.1) is 0 Å². The van der Waals surface area contributed by atoms with Crippen LogP contribution in [0.4, 0.5) is 0 Å². The van der Waals surface area contributed by atoms with Crippen molar-refractivity contribution in [3.05, 3.63) is 12.2 Å². The molecule has 1 aliphatic heterocycles. The molecule has 0 aromatic carbocycles. The van der Waals surface area contributed by atoms with Gasteiger partial charge < -0.3 is 33.5 Å². The number of hydrogen-bond donors (Lipinski definition) is 1. The number of esters is 6. The molecule has 4 fully saturated rings. The smallest absolute Gasteiger partial charge is 0.307 e. The van der Waals surface area contributed by atoms with Crippen LogP contribution >= 0.6 is 0 Å². The van der Waals surface area contributed by atoms with Gasteiger partial charge in [-0.05, 0) is 39.2 Å². The van der Waals surface area contributed by atoms with Crippen LogP contribution in [0.2, 0.25) is 0 Å². The third kappa shape index (κ3) is 4.69. The number of aliphatic hydroxyl groups is 1. The molecular weight excluding hydrogens is 580 g/mol. The zero-order valence-electron chi connectivity index (χ0n) is 26.4. The molecule has 0 aromatic heterocycles. The monoisotopic (exact) mass is 622 g/mol. The topological polar surface area (TPSA) is 178 Å². The lowest BCUT2D eigenvalue weighted by Crippen LogP contribution is -2.67. The fourth-order valence-corrected chi connectivity index (χ4v) is 8.99. The average molecular weight is 623 g/mol. The van der Waals surface area contributed by atoms with Gasteiger partial charge in [-0.3, -0.25) is 28.8 Å². The van der Waals surface area contributed by atoms with Gasteiger partial charge in [-0.2, -0.15) is 0 Å². The van der Waals surface area contributed by atoms with E-state index in [1.807, 2.05) is 0 Å². The molecule has 44 heavy (non-hydrogen) atoms. The molecule has 3 saturated carbocycles. The van der Waals surface area contributed by atoms with Crippen LogP contribution in [0.5, 0.6) is 0 Å². The number of carbonyl (C=O) groups is 6. The Bertz CT molecular complexity index is 1290. The molecule has 1 saturated heterocycles. The quantitative estimate of drug-likeness (QED) is 0.248. The molecule has 244 valence electrons. The zero-order chi connectivity index (χ0) is 33.2. The summed E-state index contributed by atoms with van der Waals surface area (Å²) in [5.41, 5.74) is -7.21. The maximum atomic E-state index is 13.1. The summed E-state index contributed by atoms with van der Waals surface area (Å²) in [5, 5.41) is 12.7. The van der Waals surface area contributed by atoms with E-state index in [0.717, 1.165) is 20.8 Å². The van der Waals surface area contributed by atoms with Gasteiger partial charge in [0.05, 0.1) is 17.4 Å². The van der Waals surface area contributed by atoms with E-state index in [9.17, 15) is 33.9 Å². The van der Waals surface area contributed by atoms with Crippen molar-refractivity contribution in [2.45, 2.75) is 122 Å². The van der Waals surface area contributed by atoms with Crippen LogP contribution in [0.25, 0.3) is 0 Å². The van der Waals surface area contributed by atoms with E-state index in [4.69, 9.17) is 28.4 Å². The minimum Gasteiger partial charge on any atom is -0.461 e. The third-order valence-corrected chi connectivity index (χ3v) is 10.2. The molecule has 13 nitrogen and oxygen atoms in total. The molecule has 13 heteroatoms. The second-order valence-corrected chi connectivity index (χ2v) is 12.9. The molecule has 0 unspecified atom stereocenters. The van der Waals surface area contributed by atoms with Crippen LogP contribution in [-0.2, 0) is 57.2 Å². The Morgan fingerprint density at radius 1 is 0.841 bits per heavy atom. The van der Waals surface area contributed by atoms with Gasteiger partial charge in [0.2, 0.25) is 0 Å². The summed E-state index contributed by atoms with van der Waals surface area (Å²) in [6, 6.07) is 0. The summed E-state index contributed by atoms with van der Waals surface area (Å²) < 4.78 is 36.0. The average Bonchev–Trinajstić information content (AvgIpc) is 3.29. The number of ether oxygens (including phenoxy) is 6. The van der Waals surface area contributed by atoms with Crippen molar-refractivity contribution in [1.29, 1.82) is 0 Å². The molecule has 4 rings (SSSR count). The standard InChI is InChI=1S/C31H42O13/c1-10-22(36)42-24-19-11-12-20-28(8,38)21-13-23(37)44-31(21,14(2)3)26(40-16(5)33)25(39-15(4)32)30(20,24)27(41-17(6)34)29(19,9)43-18(7)35/h19-21,24-27,38H,2,10-13H2,1,3-9H3/t19-,20+,21+,24-,25-,26-,27+,28-,29+,30+,31+/m1/s1. The van der Waals surface area contributed by atoms with Crippen molar-refractivity contribution in [3.63, 3.8) is 0 Å². The lowest BCUT2D eigenvalue weighted by atomic mass is 9.55. The lowest BCUT2D eigenvalue weighted by molar-refractivity contribution is -0.249. The summed E-state index contributed by atoms with van der Waals surface area (Å²) in [5.74, 6) is -7.59. The molecule has 1 heterocycles. The van der Waals surface area contributed by atoms with E-state index in [1.54, 1.807) is 6.92 Å². The molecule has 11 atom stereocenters. The van der Waals surface area contributed by atoms with Crippen LogP contribution in [0.1, 0.15) is 81.1 Å². The molecule has 1 spiro atoms. The number of fused-ring (bicyclic) bond motifs is 2. The van der Waals surface area contributed by atoms with Gasteiger partial charge in [0.1, 0.15) is 6.10 Å². The van der Waals surface area contributed by atoms with E-state index < -0.39 is 100 Å². The summed E-state index contributed by atoms with van der Waals surface area (Å²) in [7, 11) is 0. The Balaban J connectivity index is 2.22. The Morgan fingerprint density at radius 2 is 1.41 bits per heavy atom. The Hall–Kier alpha value is -3.48. The van der Waals surface area contributed by atoms with Crippen molar-refractivity contribution in [3.8, 4) is 0 Å². The second-order valence-electron chi connectivity index (χ2n) is 12.9. The van der Waals surface area contributed by atoms with Gasteiger partial charge in [0.25, 0.3) is 0 Å². The van der Waals surface area contributed by atoms with E-state index in [0.29, 0.717) is 0 Å². The van der Waals surface area contributed by atoms with Crippen molar-refractivity contribution >= 4 is 35.8 Å². The first-order valence-electron chi connectivity index (χ1n) is 14.8. The van der Waals surface area contributed by atoms with Crippen molar-refractivity contribution < 1.29 is 62.3 Å². The SMILES string of the molecule is C=C(C)[C@]12OC(=O)C[C@H]1[C@](C)(O)[C@@H]1CC[C@@H]3[C@@H](OC(=O)CC)[C@@]1([C@H](OC(C)=O)[C@H]2OC(C)=O)[C@@H](OC(C)=O)[C@@]3(C)OC(C)=O. The predicted molar refractivity (Wildman–Crippen MR) is 148 cm³/mol. The Labute approximate surface area is 255 Å². The van der Waals surface area contributed by atoms with Crippen LogP contribution in [0.3, 0.4) is 0 Å². The molecule has 1 N–H and O–H groups in total. The molecule has 3 aliphatic carbocycles. The highest BCUT2D eigenvalue weighted by atomic mass is 16.6. The number of carbonyl (C=O) groups excluding carboxylic acids is 6. The first kappa shape index (κ1) is 33.4. The lowest BCUT2D eigenvalue weighted by Gasteiger charge is -2.54. The largest absolute Gasteiger partial charge is 0.461 e. The number of hydrogen-bond acceptors (Lipinski definition) is 13. The second kappa shape index (κ2) is 11.1. The summed E-state index contributed by atoms with van der Waals surface area (Å²) in [6.07, 6.45) is -6.15. The summed E-state index contributed by atoms with van der Waals surface area (Å²) in [6.45, 7) is 14.7. The molecule has 4 aliphatic rings. The molecular formula is C31H42O13. The summed E-state index contributed by atoms with van der Waals surface area (Å²) >= 11 is 0. The first-order chi connectivity index (χ1) is 20.3. The van der Waals surface area contributed by atoms with Gasteiger partial charge in [-0.25, -0.2) is 0 Å². The molecule has 0 radical (unpaired) electrons. The van der Waals surface area contributed by atoms with E-state index >= 15 is 0 Å². The van der Waals surface area contributed by atoms with Crippen LogP contribution in [0.15, 0.2) is 12.2 Å². The van der Waals surface area contributed by atoms with Gasteiger partial charge >= 0.3 is 35.8 Å². The minimum absolute atomic E-state index is 0.0651. The highest BCUT2D eigenvalue weighted by molar-refractivity contribution is 5.76. The highest BCUT2D eigenvalue weighted by Gasteiger charge is 2.85. The number of rotatable bonds is 7. The van der Waals surface area contributed by atoms with Crippen LogP contribution in [0, 0.1) is 23.2 Å². The van der Waals surface area contributed by atoms with Crippen molar-refractivity contribution in [2.24, 2.45) is 23.2 Å². The van der Waals surface area contributed by atoms with Gasteiger partial charge in [0.15, 0.2) is 29.5 Å². The van der Waals surface area contributed by atoms with Gasteiger partial charge in [0, 0.05) is 51.9 Å². The normalized spacial score (nSPS) is 42.0. The van der Waals surface area contributed by atoms with Gasteiger partial charge in [-0.1, -0.05) is 13.5 Å². The maximum absolute atomic E-state index is 13.1. The molecule has 0 amide bonds. The minimum atomic E-state index is -1.92. The zero-order valence-corrected chi connectivity index (χ0v) is 26.4. The van der Waals surface area contributed by atoms with E-state index in [-0.39, 0.29) is 31.3 Å². The first-order valence-corrected chi connectivity index (χ1v) is 14.8. The fourth-order valence-electron chi connectivity index (χ4n) is 8.99. The van der Waals surface area contributed by atoms with Crippen LogP contribution in [-0.4, -0.2) is 82.1 Å². The molecule has 2 bridgehead atoms. The fraction of sp³-hybridized carbons (Fsp3) is 0.742. The van der Waals surface area contributed by atoms with E-state index in [2.05, 4.69) is 6.58 Å². The Kier molecular flexibility index (Phi) is 8.47. The predicted octanol–water partition coefficient (Wildman–Crippen LogP) is 2.09. The third-order valence-electron chi connectivity index (χ3n) is 10.2. The van der Waals surface area contributed by atoms with Crippen LogP contribution < -0.4 is 0 Å². The molecule has 0 aromatic rings. The van der Waals surface area contributed by atoms with E-state index in [1.165, 1.54) is 27.7 Å². The highest BCUT2D eigenvalue weighted by Crippen LogP contribution is 2.71.